The summed E-state index contributed by atoms with van der Waals surface area (Å²) in [5, 5.41) is 18.8. The molecular formula is C21H24O4. The molecule has 132 valence electrons. The van der Waals surface area contributed by atoms with Crippen LogP contribution in [0.2, 0.25) is 0 Å². The predicted octanol–water partition coefficient (Wildman–Crippen LogP) is 4.48. The van der Waals surface area contributed by atoms with Gasteiger partial charge in [-0.2, -0.15) is 0 Å². The van der Waals surface area contributed by atoms with Crippen molar-refractivity contribution in [3.05, 3.63) is 71.8 Å². The van der Waals surface area contributed by atoms with E-state index in [1.165, 1.54) is 0 Å². The van der Waals surface area contributed by atoms with Gasteiger partial charge in [0.05, 0.1) is 0 Å². The first kappa shape index (κ1) is 18.7. The van der Waals surface area contributed by atoms with Crippen molar-refractivity contribution in [2.45, 2.75) is 43.9 Å². The molecule has 0 aliphatic carbocycles. The third kappa shape index (κ3) is 4.69. The largest absolute Gasteiger partial charge is 0.481 e. The highest BCUT2D eigenvalue weighted by molar-refractivity contribution is 5.86. The normalized spacial score (nSPS) is 11.2. The Labute approximate surface area is 148 Å². The molecule has 2 N–H and O–H groups in total. The van der Waals surface area contributed by atoms with E-state index >= 15 is 0 Å². The van der Waals surface area contributed by atoms with Gasteiger partial charge in [-0.15, -0.1) is 0 Å². The van der Waals surface area contributed by atoms with Gasteiger partial charge in [-0.05, 0) is 24.0 Å². The zero-order chi connectivity index (χ0) is 18.1. The second kappa shape index (κ2) is 9.02. The van der Waals surface area contributed by atoms with Crippen LogP contribution in [0.3, 0.4) is 0 Å². The number of carbonyl (C=O) groups is 2. The second-order valence-electron chi connectivity index (χ2n) is 6.25. The number of carboxylic acids is 2. The summed E-state index contributed by atoms with van der Waals surface area (Å²) in [7, 11) is 0. The topological polar surface area (TPSA) is 74.6 Å². The van der Waals surface area contributed by atoms with Crippen LogP contribution >= 0.6 is 0 Å². The molecular weight excluding hydrogens is 316 g/mol. The fourth-order valence-electron chi connectivity index (χ4n) is 3.27. The van der Waals surface area contributed by atoms with Gasteiger partial charge in [-0.25, -0.2) is 0 Å². The maximum Gasteiger partial charge on any atom is 0.318 e. The van der Waals surface area contributed by atoms with Crippen LogP contribution < -0.4 is 0 Å². The molecule has 0 radical (unpaired) electrons. The van der Waals surface area contributed by atoms with E-state index in [-0.39, 0.29) is 6.42 Å². The molecule has 0 heterocycles. The summed E-state index contributed by atoms with van der Waals surface area (Å²) < 4.78 is 0. The van der Waals surface area contributed by atoms with Crippen molar-refractivity contribution < 1.29 is 19.8 Å². The van der Waals surface area contributed by atoms with Crippen LogP contribution in [0.15, 0.2) is 60.7 Å². The van der Waals surface area contributed by atoms with Gasteiger partial charge < -0.3 is 10.2 Å². The first-order valence-corrected chi connectivity index (χ1v) is 8.63. The van der Waals surface area contributed by atoms with E-state index in [0.717, 1.165) is 30.4 Å². The monoisotopic (exact) mass is 340 g/mol. The molecule has 2 aromatic rings. The number of unbranched alkanes of at least 4 members (excludes halogenated alkanes) is 3. The summed E-state index contributed by atoms with van der Waals surface area (Å²) in [6, 6.07) is 18.7. The molecule has 0 aromatic heterocycles. The Hall–Kier alpha value is -2.62. The minimum atomic E-state index is -1.07. The van der Waals surface area contributed by atoms with Crippen LogP contribution in [0.5, 0.6) is 0 Å². The Balaban J connectivity index is 2.20. The zero-order valence-electron chi connectivity index (χ0n) is 14.2. The van der Waals surface area contributed by atoms with Gasteiger partial charge in [-0.3, -0.25) is 9.59 Å². The smallest absolute Gasteiger partial charge is 0.318 e. The van der Waals surface area contributed by atoms with Crippen molar-refractivity contribution in [3.63, 3.8) is 0 Å². The fourth-order valence-corrected chi connectivity index (χ4v) is 3.27. The Morgan fingerprint density at radius 3 is 1.64 bits per heavy atom. The van der Waals surface area contributed by atoms with Gasteiger partial charge >= 0.3 is 11.9 Å². The molecule has 0 bridgehead atoms. The van der Waals surface area contributed by atoms with Crippen molar-refractivity contribution in [2.75, 3.05) is 0 Å². The molecule has 0 atom stereocenters. The minimum Gasteiger partial charge on any atom is -0.481 e. The third-order valence-corrected chi connectivity index (χ3v) is 4.59. The number of aliphatic carboxylic acids is 2. The molecule has 0 amide bonds. The summed E-state index contributed by atoms with van der Waals surface area (Å²) in [5.41, 5.74) is 0.480. The summed E-state index contributed by atoms with van der Waals surface area (Å²) >= 11 is 0. The lowest BCUT2D eigenvalue weighted by molar-refractivity contribution is -0.142. The lowest BCUT2D eigenvalue weighted by Crippen LogP contribution is -2.37. The first-order chi connectivity index (χ1) is 12.1. The van der Waals surface area contributed by atoms with E-state index in [1.54, 1.807) is 0 Å². The Morgan fingerprint density at radius 1 is 0.720 bits per heavy atom. The summed E-state index contributed by atoms with van der Waals surface area (Å²) in [6.07, 6.45) is 3.64. The molecule has 2 rings (SSSR count). The van der Waals surface area contributed by atoms with E-state index in [0.29, 0.717) is 12.8 Å². The number of carboxylic acid groups (broad SMARTS) is 2. The Bertz CT molecular complexity index is 640. The van der Waals surface area contributed by atoms with Crippen LogP contribution in [0.25, 0.3) is 0 Å². The number of benzene rings is 2. The van der Waals surface area contributed by atoms with E-state index in [9.17, 15) is 14.7 Å². The third-order valence-electron chi connectivity index (χ3n) is 4.59. The number of rotatable bonds is 10. The summed E-state index contributed by atoms with van der Waals surface area (Å²) in [6.45, 7) is 0. The number of hydrogen-bond donors (Lipinski definition) is 2. The van der Waals surface area contributed by atoms with Crippen molar-refractivity contribution in [1.29, 1.82) is 0 Å². The average molecular weight is 340 g/mol. The van der Waals surface area contributed by atoms with Gasteiger partial charge in [-0.1, -0.05) is 79.9 Å². The van der Waals surface area contributed by atoms with Crippen LogP contribution in [0, 0.1) is 0 Å². The van der Waals surface area contributed by atoms with Crippen molar-refractivity contribution in [2.24, 2.45) is 0 Å². The van der Waals surface area contributed by atoms with Gasteiger partial charge in [0.1, 0.15) is 5.41 Å². The zero-order valence-corrected chi connectivity index (χ0v) is 14.2. The molecule has 0 unspecified atom stereocenters. The van der Waals surface area contributed by atoms with Crippen molar-refractivity contribution in [3.8, 4) is 0 Å². The van der Waals surface area contributed by atoms with E-state index in [1.807, 2.05) is 60.7 Å². The van der Waals surface area contributed by atoms with Gasteiger partial charge in [0.25, 0.3) is 0 Å². The molecule has 0 spiro atoms. The Kier molecular flexibility index (Phi) is 6.75. The first-order valence-electron chi connectivity index (χ1n) is 8.63. The quantitative estimate of drug-likeness (QED) is 0.625. The van der Waals surface area contributed by atoms with Crippen molar-refractivity contribution in [1.82, 2.24) is 0 Å². The molecule has 2 aromatic carbocycles. The van der Waals surface area contributed by atoms with E-state index in [2.05, 4.69) is 0 Å². The molecule has 0 aliphatic heterocycles. The highest BCUT2D eigenvalue weighted by Gasteiger charge is 2.41. The van der Waals surface area contributed by atoms with Crippen molar-refractivity contribution >= 4 is 11.9 Å². The molecule has 25 heavy (non-hydrogen) atoms. The van der Waals surface area contributed by atoms with Crippen LogP contribution in [0.1, 0.15) is 49.7 Å². The summed E-state index contributed by atoms with van der Waals surface area (Å²) in [4.78, 5) is 22.9. The predicted molar refractivity (Wildman–Crippen MR) is 96.6 cm³/mol. The lowest BCUT2D eigenvalue weighted by Gasteiger charge is -2.31. The Morgan fingerprint density at radius 2 is 1.20 bits per heavy atom. The highest BCUT2D eigenvalue weighted by Crippen LogP contribution is 2.37. The highest BCUT2D eigenvalue weighted by atomic mass is 16.4. The van der Waals surface area contributed by atoms with Crippen LogP contribution in [0.4, 0.5) is 0 Å². The van der Waals surface area contributed by atoms with Gasteiger partial charge in [0.15, 0.2) is 0 Å². The molecule has 4 nitrogen and oxygen atoms in total. The molecule has 0 fully saturated rings. The van der Waals surface area contributed by atoms with Gasteiger partial charge in [0, 0.05) is 6.42 Å². The molecule has 0 saturated heterocycles. The van der Waals surface area contributed by atoms with Crippen LogP contribution in [-0.2, 0) is 15.0 Å². The molecule has 0 aliphatic rings. The lowest BCUT2D eigenvalue weighted by atomic mass is 9.71. The van der Waals surface area contributed by atoms with E-state index in [4.69, 9.17) is 5.11 Å². The molecule has 4 heteroatoms. The van der Waals surface area contributed by atoms with E-state index < -0.39 is 17.4 Å². The molecule has 0 saturated carbocycles. The SMILES string of the molecule is O=C(O)CCCCCCC(C(=O)O)(c1ccccc1)c1ccccc1. The minimum absolute atomic E-state index is 0.168. The maximum atomic E-state index is 12.4. The summed E-state index contributed by atoms with van der Waals surface area (Å²) in [5.74, 6) is -1.64. The van der Waals surface area contributed by atoms with Gasteiger partial charge in [0.2, 0.25) is 0 Å². The fraction of sp³-hybridized carbons (Fsp3) is 0.333. The maximum absolute atomic E-state index is 12.4. The average Bonchev–Trinajstić information content (AvgIpc) is 2.62. The standard InChI is InChI=1S/C21H24O4/c22-19(23)15-9-1-2-10-16-21(20(24)25,17-11-5-3-6-12-17)18-13-7-4-8-14-18/h3-8,11-14H,1-2,9-10,15-16H2,(H,22,23)(H,24,25). The number of hydrogen-bond acceptors (Lipinski definition) is 2. The second-order valence-corrected chi connectivity index (χ2v) is 6.25. The van der Waals surface area contributed by atoms with Crippen LogP contribution in [-0.4, -0.2) is 22.2 Å².